The molecule has 3 aromatic carbocycles. The van der Waals surface area contributed by atoms with Crippen LogP contribution in [-0.2, 0) is 11.3 Å². The van der Waals surface area contributed by atoms with Gasteiger partial charge in [0.1, 0.15) is 5.75 Å². The Morgan fingerprint density at radius 3 is 2.40 bits per heavy atom. The van der Waals surface area contributed by atoms with Crippen molar-refractivity contribution in [3.63, 3.8) is 0 Å². The van der Waals surface area contributed by atoms with E-state index in [0.29, 0.717) is 13.2 Å². The molecule has 30 heavy (non-hydrogen) atoms. The van der Waals surface area contributed by atoms with Crippen LogP contribution in [0.25, 0.3) is 0 Å². The highest BCUT2D eigenvalue weighted by molar-refractivity contribution is 8.13. The zero-order valence-electron chi connectivity index (χ0n) is 16.8. The Hall–Kier alpha value is -2.08. The number of carbonyl (C=O) groups is 1. The molecule has 3 aromatic rings. The van der Waals surface area contributed by atoms with Crippen LogP contribution in [0.2, 0.25) is 5.02 Å². The minimum Gasteiger partial charge on any atom is -0.493 e. The standard InChI is InChI=1S/C24H24ClNO2S2/c1-19(27)29-17-7-16-28-24-11-6-5-8-20(24)18-26(22-9-3-2-4-10-22)30-23-14-12-21(25)13-15-23/h2-6,8-15H,7,16-18H2,1H3. The number of thioether (sulfide) groups is 1. The van der Waals surface area contributed by atoms with E-state index in [4.69, 9.17) is 16.3 Å². The van der Waals surface area contributed by atoms with Crippen LogP contribution < -0.4 is 9.04 Å². The third-order valence-corrected chi connectivity index (χ3v) is 6.41. The van der Waals surface area contributed by atoms with E-state index in [0.717, 1.165) is 39.1 Å². The second kappa shape index (κ2) is 11.9. The van der Waals surface area contributed by atoms with Crippen LogP contribution in [0.5, 0.6) is 5.75 Å². The number of halogens is 1. The lowest BCUT2D eigenvalue weighted by atomic mass is 10.2. The number of para-hydroxylation sites is 2. The summed E-state index contributed by atoms with van der Waals surface area (Å²) in [5, 5.41) is 0.875. The molecule has 0 saturated heterocycles. The smallest absolute Gasteiger partial charge is 0.185 e. The summed E-state index contributed by atoms with van der Waals surface area (Å²) in [5.41, 5.74) is 2.23. The molecule has 0 fully saturated rings. The molecule has 0 amide bonds. The normalized spacial score (nSPS) is 10.6. The van der Waals surface area contributed by atoms with E-state index in [2.05, 4.69) is 22.5 Å². The van der Waals surface area contributed by atoms with Crippen LogP contribution in [0.3, 0.4) is 0 Å². The number of nitrogens with zero attached hydrogens (tertiary/aromatic N) is 1. The number of ether oxygens (including phenoxy) is 1. The molecule has 6 heteroatoms. The summed E-state index contributed by atoms with van der Waals surface area (Å²) in [7, 11) is 0. The fraction of sp³-hybridized carbons (Fsp3) is 0.208. The SMILES string of the molecule is CC(=O)SCCCOc1ccccc1CN(Sc1ccc(Cl)cc1)c1ccccc1. The van der Waals surface area contributed by atoms with E-state index in [9.17, 15) is 4.79 Å². The van der Waals surface area contributed by atoms with E-state index in [1.54, 1.807) is 18.9 Å². The van der Waals surface area contributed by atoms with Gasteiger partial charge in [-0.1, -0.05) is 59.8 Å². The monoisotopic (exact) mass is 457 g/mol. The van der Waals surface area contributed by atoms with E-state index in [-0.39, 0.29) is 5.12 Å². The second-order valence-corrected chi connectivity index (χ2v) is 9.37. The molecular weight excluding hydrogens is 434 g/mol. The lowest BCUT2D eigenvalue weighted by Crippen LogP contribution is -2.15. The van der Waals surface area contributed by atoms with Crippen molar-refractivity contribution in [2.45, 2.75) is 24.8 Å². The molecule has 156 valence electrons. The molecule has 0 bridgehead atoms. The first kappa shape index (κ1) is 22.6. The topological polar surface area (TPSA) is 29.5 Å². The maximum Gasteiger partial charge on any atom is 0.185 e. The average Bonchev–Trinajstić information content (AvgIpc) is 2.76. The number of carbonyl (C=O) groups excluding carboxylic acids is 1. The van der Waals surface area contributed by atoms with Crippen molar-refractivity contribution in [3.05, 3.63) is 89.4 Å². The largest absolute Gasteiger partial charge is 0.493 e. The molecular formula is C24H24ClNO2S2. The maximum atomic E-state index is 11.1. The first-order chi connectivity index (χ1) is 14.6. The molecule has 0 heterocycles. The lowest BCUT2D eigenvalue weighted by Gasteiger charge is -2.24. The number of hydrogen-bond donors (Lipinski definition) is 0. The van der Waals surface area contributed by atoms with E-state index in [1.165, 1.54) is 11.8 Å². The Morgan fingerprint density at radius 1 is 0.967 bits per heavy atom. The van der Waals surface area contributed by atoms with Crippen LogP contribution in [0.4, 0.5) is 5.69 Å². The molecule has 3 rings (SSSR count). The molecule has 0 aliphatic rings. The molecule has 0 atom stereocenters. The summed E-state index contributed by atoms with van der Waals surface area (Å²) >= 11 is 9.05. The van der Waals surface area contributed by atoms with Gasteiger partial charge < -0.3 is 9.04 Å². The first-order valence-electron chi connectivity index (χ1n) is 9.72. The summed E-state index contributed by atoms with van der Waals surface area (Å²) in [4.78, 5) is 12.2. The van der Waals surface area contributed by atoms with Crippen LogP contribution in [0.1, 0.15) is 18.9 Å². The number of hydrogen-bond acceptors (Lipinski definition) is 5. The molecule has 0 aromatic heterocycles. The fourth-order valence-electron chi connectivity index (χ4n) is 2.78. The first-order valence-corrected chi connectivity index (χ1v) is 11.9. The maximum absolute atomic E-state index is 11.1. The van der Waals surface area contributed by atoms with Crippen molar-refractivity contribution in [1.29, 1.82) is 0 Å². The van der Waals surface area contributed by atoms with Gasteiger partial charge >= 0.3 is 0 Å². The Bertz CT molecular complexity index is 935. The van der Waals surface area contributed by atoms with Gasteiger partial charge in [-0.05, 0) is 60.8 Å². The highest BCUT2D eigenvalue weighted by Gasteiger charge is 2.13. The third kappa shape index (κ3) is 7.31. The van der Waals surface area contributed by atoms with Gasteiger partial charge in [-0.2, -0.15) is 0 Å². The number of rotatable bonds is 10. The van der Waals surface area contributed by atoms with Crippen LogP contribution >= 0.6 is 35.3 Å². The zero-order valence-corrected chi connectivity index (χ0v) is 19.2. The predicted octanol–water partition coefficient (Wildman–Crippen LogP) is 7.10. The van der Waals surface area contributed by atoms with Gasteiger partial charge in [0.2, 0.25) is 0 Å². The number of anilines is 1. The minimum atomic E-state index is 0.146. The lowest BCUT2D eigenvalue weighted by molar-refractivity contribution is -0.109. The summed E-state index contributed by atoms with van der Waals surface area (Å²) in [5.74, 6) is 1.66. The van der Waals surface area contributed by atoms with Gasteiger partial charge in [0.15, 0.2) is 5.12 Å². The van der Waals surface area contributed by atoms with Gasteiger partial charge in [-0.3, -0.25) is 4.79 Å². The summed E-state index contributed by atoms with van der Waals surface area (Å²) < 4.78 is 8.29. The molecule has 3 nitrogen and oxygen atoms in total. The molecule has 0 N–H and O–H groups in total. The van der Waals surface area contributed by atoms with Crippen molar-refractivity contribution in [3.8, 4) is 5.75 Å². The third-order valence-electron chi connectivity index (χ3n) is 4.21. The van der Waals surface area contributed by atoms with Crippen molar-refractivity contribution >= 4 is 46.1 Å². The molecule has 0 aliphatic heterocycles. The fourth-order valence-corrected chi connectivity index (χ4v) is 4.40. The van der Waals surface area contributed by atoms with Crippen molar-refractivity contribution in [1.82, 2.24) is 0 Å². The minimum absolute atomic E-state index is 0.146. The quantitative estimate of drug-likeness (QED) is 0.239. The highest BCUT2D eigenvalue weighted by Crippen LogP contribution is 2.33. The van der Waals surface area contributed by atoms with E-state index >= 15 is 0 Å². The van der Waals surface area contributed by atoms with Crippen molar-refractivity contribution in [2.75, 3.05) is 16.7 Å². The van der Waals surface area contributed by atoms with Gasteiger partial charge in [0.25, 0.3) is 0 Å². The van der Waals surface area contributed by atoms with Gasteiger partial charge in [-0.25, -0.2) is 0 Å². The molecule has 0 spiro atoms. The Labute approximate surface area is 191 Å². The summed E-state index contributed by atoms with van der Waals surface area (Å²) in [6.07, 6.45) is 0.834. The zero-order chi connectivity index (χ0) is 21.2. The summed E-state index contributed by atoms with van der Waals surface area (Å²) in [6.45, 7) is 2.87. The van der Waals surface area contributed by atoms with Crippen molar-refractivity contribution < 1.29 is 9.53 Å². The summed E-state index contributed by atoms with van der Waals surface area (Å²) in [6, 6.07) is 26.3. The van der Waals surface area contributed by atoms with E-state index in [1.807, 2.05) is 60.7 Å². The Balaban J connectivity index is 1.72. The van der Waals surface area contributed by atoms with Crippen LogP contribution in [-0.4, -0.2) is 17.5 Å². The highest BCUT2D eigenvalue weighted by atomic mass is 35.5. The Kier molecular flexibility index (Phi) is 9.00. The van der Waals surface area contributed by atoms with Crippen molar-refractivity contribution in [2.24, 2.45) is 0 Å². The molecule has 0 unspecified atom stereocenters. The molecule has 0 aliphatic carbocycles. The second-order valence-electron chi connectivity index (χ2n) is 6.57. The predicted molar refractivity (Wildman–Crippen MR) is 130 cm³/mol. The van der Waals surface area contributed by atoms with Gasteiger partial charge in [0.05, 0.1) is 13.2 Å². The number of benzene rings is 3. The van der Waals surface area contributed by atoms with Gasteiger partial charge in [-0.15, -0.1) is 0 Å². The van der Waals surface area contributed by atoms with Crippen LogP contribution in [0, 0.1) is 0 Å². The molecule has 0 saturated carbocycles. The molecule has 0 radical (unpaired) electrons. The van der Waals surface area contributed by atoms with Gasteiger partial charge in [0, 0.05) is 33.8 Å². The van der Waals surface area contributed by atoms with Crippen LogP contribution in [0.15, 0.2) is 83.8 Å². The Morgan fingerprint density at radius 2 is 1.67 bits per heavy atom. The average molecular weight is 458 g/mol. The van der Waals surface area contributed by atoms with E-state index < -0.39 is 0 Å².